The summed E-state index contributed by atoms with van der Waals surface area (Å²) in [5.74, 6) is 0.172. The molecule has 0 bridgehead atoms. The quantitative estimate of drug-likeness (QED) is 0.251. The molecule has 0 radical (unpaired) electrons. The van der Waals surface area contributed by atoms with Gasteiger partial charge in [-0.2, -0.15) is 0 Å². The van der Waals surface area contributed by atoms with Crippen LogP contribution < -0.4 is 10.1 Å². The largest absolute Gasteiger partial charge is 0.483 e. The van der Waals surface area contributed by atoms with Gasteiger partial charge in [0.05, 0.1) is 4.47 Å². The second kappa shape index (κ2) is 14.5. The van der Waals surface area contributed by atoms with E-state index in [1.165, 1.54) is 12.0 Å². The van der Waals surface area contributed by atoms with Crippen molar-refractivity contribution in [1.82, 2.24) is 10.2 Å². The number of hydrogen-bond donors (Lipinski definition) is 1. The van der Waals surface area contributed by atoms with Gasteiger partial charge < -0.3 is 15.0 Å². The van der Waals surface area contributed by atoms with Crippen LogP contribution in [0, 0.1) is 0 Å². The van der Waals surface area contributed by atoms with Gasteiger partial charge in [0.25, 0.3) is 5.91 Å². The number of hydrogen-bond acceptors (Lipinski definition) is 3. The van der Waals surface area contributed by atoms with E-state index in [4.69, 9.17) is 16.3 Å². The molecule has 0 aliphatic heterocycles. The van der Waals surface area contributed by atoms with Crippen LogP contribution in [0.4, 0.5) is 0 Å². The van der Waals surface area contributed by atoms with Gasteiger partial charge in [0.15, 0.2) is 6.61 Å². The van der Waals surface area contributed by atoms with Crippen LogP contribution in [0.25, 0.3) is 0 Å². The minimum atomic E-state index is -0.715. The molecule has 0 aromatic heterocycles. The van der Waals surface area contributed by atoms with Gasteiger partial charge in [-0.25, -0.2) is 0 Å². The van der Waals surface area contributed by atoms with E-state index in [0.717, 1.165) is 47.7 Å². The molecule has 1 aliphatic carbocycles. The molecule has 3 aromatic rings. The van der Waals surface area contributed by atoms with Crippen molar-refractivity contribution in [2.24, 2.45) is 0 Å². The van der Waals surface area contributed by atoms with Crippen LogP contribution in [0.15, 0.2) is 77.3 Å². The first-order chi connectivity index (χ1) is 18.9. The van der Waals surface area contributed by atoms with Crippen molar-refractivity contribution in [3.8, 4) is 5.75 Å². The summed E-state index contributed by atoms with van der Waals surface area (Å²) in [5.41, 5.74) is 2.94. The molecule has 206 valence electrons. The van der Waals surface area contributed by atoms with E-state index < -0.39 is 6.04 Å². The molecule has 1 unspecified atom stereocenters. The number of benzene rings is 3. The van der Waals surface area contributed by atoms with E-state index in [2.05, 4.69) is 28.2 Å². The lowest BCUT2D eigenvalue weighted by atomic mass is 9.94. The molecule has 1 fully saturated rings. The predicted molar refractivity (Wildman–Crippen MR) is 160 cm³/mol. The number of halogens is 2. The van der Waals surface area contributed by atoms with Crippen molar-refractivity contribution < 1.29 is 14.3 Å². The molecule has 39 heavy (non-hydrogen) atoms. The van der Waals surface area contributed by atoms with Crippen LogP contribution in [-0.4, -0.2) is 35.4 Å². The van der Waals surface area contributed by atoms with Crippen molar-refractivity contribution in [3.05, 3.63) is 99.0 Å². The zero-order valence-electron chi connectivity index (χ0n) is 22.4. The third-order valence-electron chi connectivity index (χ3n) is 7.28. The number of rotatable bonds is 11. The lowest BCUT2D eigenvalue weighted by molar-refractivity contribution is -0.143. The van der Waals surface area contributed by atoms with E-state index in [-0.39, 0.29) is 31.0 Å². The van der Waals surface area contributed by atoms with E-state index in [9.17, 15) is 9.59 Å². The van der Waals surface area contributed by atoms with Crippen LogP contribution in [0.2, 0.25) is 5.02 Å². The monoisotopic (exact) mass is 610 g/mol. The number of carbonyl (C=O) groups is 2. The molecule has 5 nitrogen and oxygen atoms in total. The smallest absolute Gasteiger partial charge is 0.261 e. The number of aryl methyl sites for hydroxylation is 1. The van der Waals surface area contributed by atoms with Crippen molar-refractivity contribution >= 4 is 39.3 Å². The summed E-state index contributed by atoms with van der Waals surface area (Å²) in [6, 6.07) is 22.5. The zero-order valence-corrected chi connectivity index (χ0v) is 24.7. The molecule has 0 heterocycles. The van der Waals surface area contributed by atoms with Crippen LogP contribution >= 0.6 is 27.5 Å². The topological polar surface area (TPSA) is 58.6 Å². The second-order valence-corrected chi connectivity index (χ2v) is 11.3. The summed E-state index contributed by atoms with van der Waals surface area (Å²) in [5, 5.41) is 3.81. The molecule has 1 atom stereocenters. The third-order valence-corrected chi connectivity index (χ3v) is 8.27. The van der Waals surface area contributed by atoms with Gasteiger partial charge >= 0.3 is 0 Å². The summed E-state index contributed by atoms with van der Waals surface area (Å²) in [4.78, 5) is 29.3. The Morgan fingerprint density at radius 3 is 2.41 bits per heavy atom. The number of ether oxygens (including phenoxy) is 1. The lowest BCUT2D eigenvalue weighted by Crippen LogP contribution is -2.53. The van der Waals surface area contributed by atoms with E-state index in [1.54, 1.807) is 11.0 Å². The zero-order chi connectivity index (χ0) is 27.6. The van der Waals surface area contributed by atoms with Gasteiger partial charge in [0.1, 0.15) is 11.8 Å². The maximum absolute atomic E-state index is 13.9. The highest BCUT2D eigenvalue weighted by Gasteiger charge is 2.32. The standard InChI is InChI=1S/C32H36BrClN2O3/c1-2-23-17-18-30(27(33)19-23)39-22-31(37)36(21-25-13-9-10-16-28(25)34)29(20-24-11-5-3-6-12-24)32(38)35-26-14-7-4-8-15-26/h3,5-6,9-13,16-19,26,29H,2,4,7-8,14-15,20-22H2,1H3,(H,35,38). The molecule has 0 saturated heterocycles. The van der Waals surface area contributed by atoms with E-state index in [1.807, 2.05) is 66.7 Å². The van der Waals surface area contributed by atoms with Gasteiger partial charge in [-0.1, -0.05) is 92.4 Å². The minimum absolute atomic E-state index is 0.131. The summed E-state index contributed by atoms with van der Waals surface area (Å²) >= 11 is 10.1. The van der Waals surface area contributed by atoms with Gasteiger partial charge in [0, 0.05) is 24.0 Å². The highest BCUT2D eigenvalue weighted by Crippen LogP contribution is 2.27. The third kappa shape index (κ3) is 8.33. The van der Waals surface area contributed by atoms with Crippen LogP contribution in [0.5, 0.6) is 5.75 Å². The van der Waals surface area contributed by atoms with Crippen molar-refractivity contribution in [3.63, 3.8) is 0 Å². The number of nitrogens with zero attached hydrogens (tertiary/aromatic N) is 1. The van der Waals surface area contributed by atoms with Crippen LogP contribution in [0.1, 0.15) is 55.7 Å². The Balaban J connectivity index is 1.62. The van der Waals surface area contributed by atoms with Gasteiger partial charge in [-0.05, 0) is 70.1 Å². The maximum atomic E-state index is 13.9. The number of nitrogens with one attached hydrogen (secondary N) is 1. The molecule has 3 aromatic carbocycles. The average molecular weight is 612 g/mol. The first-order valence-corrected chi connectivity index (χ1v) is 14.9. The van der Waals surface area contributed by atoms with Crippen molar-refractivity contribution in [2.45, 2.75) is 70.5 Å². The molecular weight excluding hydrogens is 576 g/mol. The first kappa shape index (κ1) is 29.2. The molecule has 4 rings (SSSR count). The molecule has 1 N–H and O–H groups in total. The van der Waals surface area contributed by atoms with Gasteiger partial charge in [-0.3, -0.25) is 9.59 Å². The van der Waals surface area contributed by atoms with Crippen LogP contribution in [-0.2, 0) is 29.0 Å². The minimum Gasteiger partial charge on any atom is -0.483 e. The summed E-state index contributed by atoms with van der Waals surface area (Å²) in [6.07, 6.45) is 6.64. The Labute approximate surface area is 245 Å². The Morgan fingerprint density at radius 2 is 1.72 bits per heavy atom. The number of carbonyl (C=O) groups excluding carboxylic acids is 2. The van der Waals surface area contributed by atoms with E-state index in [0.29, 0.717) is 17.2 Å². The highest BCUT2D eigenvalue weighted by atomic mass is 79.9. The Morgan fingerprint density at radius 1 is 1.00 bits per heavy atom. The van der Waals surface area contributed by atoms with Crippen LogP contribution in [0.3, 0.4) is 0 Å². The first-order valence-electron chi connectivity index (χ1n) is 13.7. The van der Waals surface area contributed by atoms with Gasteiger partial charge in [-0.15, -0.1) is 0 Å². The fourth-order valence-corrected chi connectivity index (χ4v) is 5.75. The summed E-state index contributed by atoms with van der Waals surface area (Å²) in [6.45, 7) is 2.09. The molecule has 7 heteroatoms. The molecule has 1 aliphatic rings. The SMILES string of the molecule is CCc1ccc(OCC(=O)N(Cc2ccccc2Cl)C(Cc2ccccc2)C(=O)NC2CCCCC2)c(Br)c1. The summed E-state index contributed by atoms with van der Waals surface area (Å²) < 4.78 is 6.77. The molecule has 0 spiro atoms. The highest BCUT2D eigenvalue weighted by molar-refractivity contribution is 9.10. The van der Waals surface area contributed by atoms with Crippen molar-refractivity contribution in [2.75, 3.05) is 6.61 Å². The lowest BCUT2D eigenvalue weighted by Gasteiger charge is -2.33. The van der Waals surface area contributed by atoms with Crippen molar-refractivity contribution in [1.29, 1.82) is 0 Å². The normalized spacial score (nSPS) is 14.4. The molecule has 2 amide bonds. The molecular formula is C32H36BrClN2O3. The van der Waals surface area contributed by atoms with Gasteiger partial charge in [0.2, 0.25) is 5.91 Å². The fraction of sp³-hybridized carbons (Fsp3) is 0.375. The number of amides is 2. The molecule has 1 saturated carbocycles. The maximum Gasteiger partial charge on any atom is 0.261 e. The average Bonchev–Trinajstić information content (AvgIpc) is 2.96. The van der Waals surface area contributed by atoms with E-state index >= 15 is 0 Å². The Kier molecular flexibility index (Phi) is 10.9. The second-order valence-electron chi connectivity index (χ2n) is 10.1. The Bertz CT molecular complexity index is 1250. The predicted octanol–water partition coefficient (Wildman–Crippen LogP) is 7.13. The Hall–Kier alpha value is -2.83. The summed E-state index contributed by atoms with van der Waals surface area (Å²) in [7, 11) is 0. The fourth-order valence-electron chi connectivity index (χ4n) is 5.01.